The Hall–Kier alpha value is -3.77. The van der Waals surface area contributed by atoms with E-state index in [0.29, 0.717) is 18.8 Å². The molecule has 0 unspecified atom stereocenters. The maximum absolute atomic E-state index is 10.9. The van der Waals surface area contributed by atoms with Crippen LogP contribution >= 0.6 is 0 Å². The second-order valence-electron chi connectivity index (χ2n) is 7.17. The zero-order chi connectivity index (χ0) is 20.9. The van der Waals surface area contributed by atoms with Gasteiger partial charge in [0, 0.05) is 12.1 Å². The van der Waals surface area contributed by atoms with Gasteiger partial charge in [-0.15, -0.1) is 0 Å². The lowest BCUT2D eigenvalue weighted by molar-refractivity contribution is -0.138. The normalized spacial score (nSPS) is 11.9. The number of aromatic nitrogens is 2. The molecule has 0 saturated carbocycles. The number of fused-ring (bicyclic) bond motifs is 1. The number of nitrogens with zero attached hydrogens (tertiary/aromatic N) is 2. The van der Waals surface area contributed by atoms with Crippen LogP contribution < -0.4 is 11.1 Å². The minimum atomic E-state index is -1.00. The van der Waals surface area contributed by atoms with Crippen molar-refractivity contribution < 1.29 is 9.90 Å². The van der Waals surface area contributed by atoms with Gasteiger partial charge < -0.3 is 16.2 Å². The SMILES string of the molecule is N[C@@H](Cc1ccc(-c2cnc(NCc3ccc4ccccc4c3)cn2)cc1)C(=O)O. The van der Waals surface area contributed by atoms with Gasteiger partial charge in [-0.05, 0) is 34.4 Å². The van der Waals surface area contributed by atoms with Gasteiger partial charge in [0.2, 0.25) is 0 Å². The molecule has 0 spiro atoms. The van der Waals surface area contributed by atoms with E-state index in [9.17, 15) is 4.79 Å². The summed E-state index contributed by atoms with van der Waals surface area (Å²) in [4.78, 5) is 19.8. The highest BCUT2D eigenvalue weighted by atomic mass is 16.4. The highest BCUT2D eigenvalue weighted by Gasteiger charge is 2.12. The van der Waals surface area contributed by atoms with Gasteiger partial charge in [0.15, 0.2) is 0 Å². The molecule has 4 aromatic rings. The number of carboxylic acids is 1. The van der Waals surface area contributed by atoms with Crippen molar-refractivity contribution in [3.63, 3.8) is 0 Å². The van der Waals surface area contributed by atoms with Crippen molar-refractivity contribution in [3.05, 3.63) is 90.3 Å². The predicted molar refractivity (Wildman–Crippen MR) is 118 cm³/mol. The minimum absolute atomic E-state index is 0.291. The molecular formula is C24H22N4O2. The fourth-order valence-electron chi connectivity index (χ4n) is 3.26. The van der Waals surface area contributed by atoms with Crippen LogP contribution in [-0.2, 0) is 17.8 Å². The Kier molecular flexibility index (Phi) is 5.68. The van der Waals surface area contributed by atoms with E-state index in [1.165, 1.54) is 16.3 Å². The maximum Gasteiger partial charge on any atom is 0.320 e. The summed E-state index contributed by atoms with van der Waals surface area (Å²) in [7, 11) is 0. The fraction of sp³-hybridized carbons (Fsp3) is 0.125. The average Bonchev–Trinajstić information content (AvgIpc) is 2.78. The summed E-state index contributed by atoms with van der Waals surface area (Å²) in [6.45, 7) is 0.664. The van der Waals surface area contributed by atoms with E-state index in [2.05, 4.69) is 45.6 Å². The lowest BCUT2D eigenvalue weighted by Gasteiger charge is -2.09. The highest BCUT2D eigenvalue weighted by Crippen LogP contribution is 2.19. The standard InChI is InChI=1S/C24H22N4O2/c25-21(24(29)30)12-16-5-9-19(10-6-16)22-14-28-23(15-26-22)27-13-17-7-8-18-3-1-2-4-20(18)11-17/h1-11,14-15,21H,12-13,25H2,(H,27,28)(H,29,30)/t21-/m0/s1. The number of hydrogen-bond acceptors (Lipinski definition) is 5. The lowest BCUT2D eigenvalue weighted by atomic mass is 10.0. The van der Waals surface area contributed by atoms with Gasteiger partial charge in [-0.1, -0.05) is 60.7 Å². The number of hydrogen-bond donors (Lipinski definition) is 3. The van der Waals surface area contributed by atoms with Crippen molar-refractivity contribution in [2.24, 2.45) is 5.73 Å². The van der Waals surface area contributed by atoms with Crippen molar-refractivity contribution in [2.45, 2.75) is 19.0 Å². The molecule has 1 aromatic heterocycles. The van der Waals surface area contributed by atoms with Gasteiger partial charge in [-0.3, -0.25) is 9.78 Å². The van der Waals surface area contributed by atoms with E-state index in [-0.39, 0.29) is 0 Å². The Morgan fingerprint density at radius 1 is 0.933 bits per heavy atom. The fourth-order valence-corrected chi connectivity index (χ4v) is 3.26. The van der Waals surface area contributed by atoms with Crippen LogP contribution in [0, 0.1) is 0 Å². The van der Waals surface area contributed by atoms with E-state index in [0.717, 1.165) is 16.8 Å². The third kappa shape index (κ3) is 4.61. The largest absolute Gasteiger partial charge is 0.480 e. The summed E-state index contributed by atoms with van der Waals surface area (Å²) < 4.78 is 0. The molecule has 0 saturated heterocycles. The Balaban J connectivity index is 1.39. The van der Waals surface area contributed by atoms with E-state index < -0.39 is 12.0 Å². The molecule has 1 atom stereocenters. The molecule has 1 heterocycles. The quantitative estimate of drug-likeness (QED) is 0.437. The van der Waals surface area contributed by atoms with Crippen molar-refractivity contribution in [2.75, 3.05) is 5.32 Å². The number of aliphatic carboxylic acids is 1. The van der Waals surface area contributed by atoms with Gasteiger partial charge in [-0.2, -0.15) is 0 Å². The number of rotatable bonds is 7. The van der Waals surface area contributed by atoms with Gasteiger partial charge >= 0.3 is 5.97 Å². The van der Waals surface area contributed by atoms with Crippen LogP contribution in [0.2, 0.25) is 0 Å². The smallest absolute Gasteiger partial charge is 0.320 e. The maximum atomic E-state index is 10.9. The lowest BCUT2D eigenvalue weighted by Crippen LogP contribution is -2.32. The molecule has 3 aromatic carbocycles. The number of nitrogens with one attached hydrogen (secondary N) is 1. The van der Waals surface area contributed by atoms with E-state index in [1.807, 2.05) is 36.4 Å². The molecular weight excluding hydrogens is 376 g/mol. The first kappa shape index (κ1) is 19.5. The molecule has 6 nitrogen and oxygen atoms in total. The molecule has 0 aliphatic heterocycles. The number of carbonyl (C=O) groups is 1. The summed E-state index contributed by atoms with van der Waals surface area (Å²) in [5.74, 6) is -0.298. The van der Waals surface area contributed by atoms with Crippen LogP contribution in [0.15, 0.2) is 79.1 Å². The summed E-state index contributed by atoms with van der Waals surface area (Å²) in [6, 6.07) is 21.3. The zero-order valence-electron chi connectivity index (χ0n) is 16.3. The highest BCUT2D eigenvalue weighted by molar-refractivity contribution is 5.83. The van der Waals surface area contributed by atoms with Crippen molar-refractivity contribution >= 4 is 22.6 Å². The first-order chi connectivity index (χ1) is 14.6. The number of carboxylic acid groups (broad SMARTS) is 1. The molecule has 0 amide bonds. The summed E-state index contributed by atoms with van der Waals surface area (Å²) in [5.41, 5.74) is 9.29. The molecule has 150 valence electrons. The second-order valence-corrected chi connectivity index (χ2v) is 7.17. The number of anilines is 1. The first-order valence-corrected chi connectivity index (χ1v) is 9.70. The monoisotopic (exact) mass is 398 g/mol. The Labute approximate surface area is 174 Å². The molecule has 0 aliphatic rings. The van der Waals surface area contributed by atoms with Gasteiger partial charge in [0.1, 0.15) is 11.9 Å². The predicted octanol–water partition coefficient (Wildman–Crippen LogP) is 3.86. The molecule has 30 heavy (non-hydrogen) atoms. The van der Waals surface area contributed by atoms with E-state index in [1.54, 1.807) is 12.4 Å². The Morgan fingerprint density at radius 3 is 2.37 bits per heavy atom. The topological polar surface area (TPSA) is 101 Å². The molecule has 0 radical (unpaired) electrons. The zero-order valence-corrected chi connectivity index (χ0v) is 16.3. The molecule has 0 bridgehead atoms. The summed E-state index contributed by atoms with van der Waals surface area (Å²) in [6.07, 6.45) is 3.73. The van der Waals surface area contributed by atoms with Gasteiger partial charge in [0.05, 0.1) is 18.1 Å². The Morgan fingerprint density at radius 2 is 1.67 bits per heavy atom. The van der Waals surface area contributed by atoms with Crippen LogP contribution in [0.5, 0.6) is 0 Å². The molecule has 0 fully saturated rings. The first-order valence-electron chi connectivity index (χ1n) is 9.70. The van der Waals surface area contributed by atoms with Crippen molar-refractivity contribution in [1.82, 2.24) is 9.97 Å². The van der Waals surface area contributed by atoms with Crippen LogP contribution in [0.3, 0.4) is 0 Å². The third-order valence-electron chi connectivity index (χ3n) is 4.96. The molecule has 0 aliphatic carbocycles. The molecule has 6 heteroatoms. The van der Waals surface area contributed by atoms with Gasteiger partial charge in [-0.25, -0.2) is 4.98 Å². The summed E-state index contributed by atoms with van der Waals surface area (Å²) >= 11 is 0. The van der Waals surface area contributed by atoms with Gasteiger partial charge in [0.25, 0.3) is 0 Å². The van der Waals surface area contributed by atoms with E-state index >= 15 is 0 Å². The average molecular weight is 398 g/mol. The van der Waals surface area contributed by atoms with Crippen molar-refractivity contribution in [3.8, 4) is 11.3 Å². The minimum Gasteiger partial charge on any atom is -0.480 e. The molecule has 4 rings (SSSR count). The third-order valence-corrected chi connectivity index (χ3v) is 4.96. The number of benzene rings is 3. The summed E-state index contributed by atoms with van der Waals surface area (Å²) in [5, 5.41) is 14.7. The Bertz CT molecular complexity index is 1160. The molecule has 4 N–H and O–H groups in total. The van der Waals surface area contributed by atoms with E-state index in [4.69, 9.17) is 10.8 Å². The second kappa shape index (κ2) is 8.71. The number of nitrogens with two attached hydrogens (primary N) is 1. The van der Waals surface area contributed by atoms with Crippen LogP contribution in [0.4, 0.5) is 5.82 Å². The van der Waals surface area contributed by atoms with Crippen LogP contribution in [0.25, 0.3) is 22.0 Å². The van der Waals surface area contributed by atoms with Crippen LogP contribution in [-0.4, -0.2) is 27.1 Å². The van der Waals surface area contributed by atoms with Crippen LogP contribution in [0.1, 0.15) is 11.1 Å². The van der Waals surface area contributed by atoms with Crippen molar-refractivity contribution in [1.29, 1.82) is 0 Å².